The van der Waals surface area contributed by atoms with Gasteiger partial charge in [0.2, 0.25) is 0 Å². The summed E-state index contributed by atoms with van der Waals surface area (Å²) in [5, 5.41) is 6.36. The lowest BCUT2D eigenvalue weighted by Crippen LogP contribution is -2.43. The summed E-state index contributed by atoms with van der Waals surface area (Å²) in [6.45, 7) is 4.81. The van der Waals surface area contributed by atoms with Crippen LogP contribution in [0.15, 0.2) is 42.2 Å². The van der Waals surface area contributed by atoms with Gasteiger partial charge in [-0.05, 0) is 36.7 Å². The van der Waals surface area contributed by atoms with Crippen molar-refractivity contribution in [1.82, 2.24) is 15.6 Å². The van der Waals surface area contributed by atoms with Crippen molar-refractivity contribution in [2.75, 3.05) is 13.1 Å². The van der Waals surface area contributed by atoms with E-state index in [4.69, 9.17) is 18.0 Å². The number of thiocarbonyl (C=S) groups is 1. The quantitative estimate of drug-likeness (QED) is 0.238. The Morgan fingerprint density at radius 2 is 2.42 bits per heavy atom. The van der Waals surface area contributed by atoms with Crippen LogP contribution in [0.25, 0.3) is 0 Å². The van der Waals surface area contributed by atoms with Crippen molar-refractivity contribution in [1.29, 1.82) is 0 Å². The highest BCUT2D eigenvalue weighted by molar-refractivity contribution is 7.80. The molecule has 0 radical (unpaired) electrons. The second-order valence-electron chi connectivity index (χ2n) is 3.86. The fraction of sp³-hybridized carbons (Fsp3) is 0.308. The lowest BCUT2D eigenvalue weighted by molar-refractivity contribution is 0.768. The highest BCUT2D eigenvalue weighted by Crippen LogP contribution is 1.98. The lowest BCUT2D eigenvalue weighted by Gasteiger charge is -2.09. The van der Waals surface area contributed by atoms with E-state index in [9.17, 15) is 0 Å². The van der Waals surface area contributed by atoms with Crippen LogP contribution in [-0.4, -0.2) is 29.1 Å². The largest absolute Gasteiger partial charge is 0.370 e. The van der Waals surface area contributed by atoms with Crippen molar-refractivity contribution in [2.24, 2.45) is 10.7 Å². The fourth-order valence-electron chi connectivity index (χ4n) is 1.40. The molecule has 1 heterocycles. The van der Waals surface area contributed by atoms with E-state index in [-0.39, 0.29) is 0 Å². The van der Waals surface area contributed by atoms with Gasteiger partial charge in [0.25, 0.3) is 0 Å². The van der Waals surface area contributed by atoms with E-state index in [2.05, 4.69) is 33.3 Å². The van der Waals surface area contributed by atoms with Crippen molar-refractivity contribution >= 4 is 23.3 Å². The average molecular weight is 277 g/mol. The smallest absolute Gasteiger partial charge is 0.195 e. The molecule has 0 aliphatic carbocycles. The number of nitrogens with zero attached hydrogens (tertiary/aromatic N) is 2. The van der Waals surface area contributed by atoms with Crippen LogP contribution in [0.2, 0.25) is 0 Å². The van der Waals surface area contributed by atoms with Gasteiger partial charge in [-0.3, -0.25) is 4.98 Å². The third kappa shape index (κ3) is 7.15. The van der Waals surface area contributed by atoms with Crippen molar-refractivity contribution in [3.8, 4) is 0 Å². The molecule has 1 aromatic heterocycles. The second-order valence-corrected chi connectivity index (χ2v) is 4.27. The van der Waals surface area contributed by atoms with Crippen molar-refractivity contribution < 1.29 is 0 Å². The van der Waals surface area contributed by atoms with E-state index in [0.29, 0.717) is 17.6 Å². The Kier molecular flexibility index (Phi) is 7.19. The van der Waals surface area contributed by atoms with E-state index >= 15 is 0 Å². The summed E-state index contributed by atoms with van der Waals surface area (Å²) in [6.07, 6.45) is 7.24. The first-order valence-electron chi connectivity index (χ1n) is 6.07. The third-order valence-corrected chi connectivity index (χ3v) is 2.53. The Balaban J connectivity index is 2.15. The van der Waals surface area contributed by atoms with Gasteiger partial charge in [-0.25, -0.2) is 4.99 Å². The summed E-state index contributed by atoms with van der Waals surface area (Å²) in [5.41, 5.74) is 6.83. The van der Waals surface area contributed by atoms with E-state index < -0.39 is 0 Å². The maximum atomic E-state index is 5.61. The molecule has 5 nitrogen and oxygen atoms in total. The SMILES string of the molecule is C=CCN=C(N)NC(=S)NCCCc1cccnc1. The number of nitrogens with two attached hydrogens (primary N) is 1. The molecule has 102 valence electrons. The van der Waals surface area contributed by atoms with Crippen LogP contribution in [0.1, 0.15) is 12.0 Å². The molecule has 1 rings (SSSR count). The average Bonchev–Trinajstić information content (AvgIpc) is 2.42. The Labute approximate surface area is 119 Å². The predicted molar refractivity (Wildman–Crippen MR) is 83.0 cm³/mol. The number of aliphatic imine (C=N–C) groups is 1. The number of guanidine groups is 1. The standard InChI is InChI=1S/C13H19N5S/c1-2-7-16-12(14)18-13(19)17-9-4-6-11-5-3-8-15-10-11/h2-3,5,8,10H,1,4,6-7,9H2,(H4,14,16,17,18,19). The fourth-order valence-corrected chi connectivity index (χ4v) is 1.61. The third-order valence-electron chi connectivity index (χ3n) is 2.28. The number of aryl methyl sites for hydroxylation is 1. The van der Waals surface area contributed by atoms with E-state index in [1.54, 1.807) is 12.3 Å². The van der Waals surface area contributed by atoms with Crippen LogP contribution in [0.4, 0.5) is 0 Å². The zero-order valence-electron chi connectivity index (χ0n) is 10.8. The van der Waals surface area contributed by atoms with E-state index in [1.165, 1.54) is 5.56 Å². The number of aromatic nitrogens is 1. The molecule has 0 aliphatic rings. The minimum absolute atomic E-state index is 0.296. The van der Waals surface area contributed by atoms with Crippen LogP contribution >= 0.6 is 12.2 Å². The van der Waals surface area contributed by atoms with Gasteiger partial charge in [-0.2, -0.15) is 0 Å². The molecular weight excluding hydrogens is 258 g/mol. The van der Waals surface area contributed by atoms with Crippen molar-refractivity contribution in [3.05, 3.63) is 42.7 Å². The second kappa shape index (κ2) is 9.04. The molecule has 0 bridgehead atoms. The van der Waals surface area contributed by atoms with Gasteiger partial charge in [0.15, 0.2) is 11.1 Å². The van der Waals surface area contributed by atoms with Crippen LogP contribution in [0.3, 0.4) is 0 Å². The minimum Gasteiger partial charge on any atom is -0.370 e. The molecule has 0 unspecified atom stereocenters. The molecule has 0 aromatic carbocycles. The Morgan fingerprint density at radius 3 is 3.11 bits per heavy atom. The first kappa shape index (κ1) is 15.1. The summed E-state index contributed by atoms with van der Waals surface area (Å²) >= 11 is 5.09. The minimum atomic E-state index is 0.296. The van der Waals surface area contributed by atoms with Crippen LogP contribution in [0, 0.1) is 0 Å². The summed E-state index contributed by atoms with van der Waals surface area (Å²) in [4.78, 5) is 8.06. The van der Waals surface area contributed by atoms with E-state index in [0.717, 1.165) is 19.4 Å². The number of pyridine rings is 1. The van der Waals surface area contributed by atoms with Crippen molar-refractivity contribution in [3.63, 3.8) is 0 Å². The normalized spacial score (nSPS) is 10.8. The first-order valence-corrected chi connectivity index (χ1v) is 6.47. The van der Waals surface area contributed by atoms with Gasteiger partial charge in [0.1, 0.15) is 0 Å². The van der Waals surface area contributed by atoms with Gasteiger partial charge in [-0.1, -0.05) is 12.1 Å². The van der Waals surface area contributed by atoms with Gasteiger partial charge >= 0.3 is 0 Å². The van der Waals surface area contributed by atoms with Crippen LogP contribution in [-0.2, 0) is 6.42 Å². The molecule has 1 aromatic rings. The van der Waals surface area contributed by atoms with Crippen LogP contribution in [0.5, 0.6) is 0 Å². The molecule has 6 heteroatoms. The molecule has 19 heavy (non-hydrogen) atoms. The van der Waals surface area contributed by atoms with Crippen LogP contribution < -0.4 is 16.4 Å². The summed E-state index contributed by atoms with van der Waals surface area (Å²) < 4.78 is 0. The highest BCUT2D eigenvalue weighted by Gasteiger charge is 1.97. The molecule has 0 fully saturated rings. The van der Waals surface area contributed by atoms with Gasteiger partial charge in [0, 0.05) is 18.9 Å². The number of nitrogens with one attached hydrogen (secondary N) is 2. The first-order chi connectivity index (χ1) is 9.22. The maximum absolute atomic E-state index is 5.61. The molecule has 0 spiro atoms. The Hall–Kier alpha value is -1.95. The zero-order valence-corrected chi connectivity index (χ0v) is 11.6. The topological polar surface area (TPSA) is 75.3 Å². The molecule has 0 aliphatic heterocycles. The predicted octanol–water partition coefficient (Wildman–Crippen LogP) is 0.979. The Morgan fingerprint density at radius 1 is 1.58 bits per heavy atom. The van der Waals surface area contributed by atoms with Gasteiger partial charge < -0.3 is 16.4 Å². The maximum Gasteiger partial charge on any atom is 0.195 e. The zero-order chi connectivity index (χ0) is 13.9. The Bertz CT molecular complexity index is 430. The number of rotatable bonds is 6. The summed E-state index contributed by atoms with van der Waals surface area (Å²) in [6, 6.07) is 4.00. The molecule has 4 N–H and O–H groups in total. The molecule has 0 saturated carbocycles. The van der Waals surface area contributed by atoms with Gasteiger partial charge in [0.05, 0.1) is 6.54 Å². The molecular formula is C13H19N5S. The monoisotopic (exact) mass is 277 g/mol. The number of hydrogen-bond donors (Lipinski definition) is 3. The summed E-state index contributed by atoms with van der Waals surface area (Å²) in [7, 11) is 0. The molecule has 0 amide bonds. The van der Waals surface area contributed by atoms with Gasteiger partial charge in [-0.15, -0.1) is 6.58 Å². The lowest BCUT2D eigenvalue weighted by atomic mass is 10.2. The van der Waals surface area contributed by atoms with E-state index in [1.807, 2.05) is 12.3 Å². The summed E-state index contributed by atoms with van der Waals surface area (Å²) in [5.74, 6) is 0.296. The molecule has 0 atom stereocenters. The molecule has 0 saturated heterocycles. The van der Waals surface area contributed by atoms with Crippen molar-refractivity contribution in [2.45, 2.75) is 12.8 Å². The number of hydrogen-bond acceptors (Lipinski definition) is 3. The highest BCUT2D eigenvalue weighted by atomic mass is 32.1.